The van der Waals surface area contributed by atoms with Crippen LogP contribution in [0.4, 0.5) is 27.1 Å². The Kier molecular flexibility index (Phi) is 6.99. The van der Waals surface area contributed by atoms with Crippen molar-refractivity contribution in [2.24, 2.45) is 0 Å². The van der Waals surface area contributed by atoms with Gasteiger partial charge in [-0.2, -0.15) is 13.2 Å². The molecule has 0 fully saturated rings. The van der Waals surface area contributed by atoms with E-state index < -0.39 is 33.4 Å². The van der Waals surface area contributed by atoms with Crippen LogP contribution in [0.15, 0.2) is 47.9 Å². The second-order valence-electron chi connectivity index (χ2n) is 6.74. The second-order valence-corrected chi connectivity index (χ2v) is 9.39. The fourth-order valence-corrected chi connectivity index (χ4v) is 4.92. The molecule has 32 heavy (non-hydrogen) atoms. The maximum absolute atomic E-state index is 13.3. The molecule has 0 saturated heterocycles. The van der Waals surface area contributed by atoms with Crippen molar-refractivity contribution < 1.29 is 30.4 Å². The van der Waals surface area contributed by atoms with E-state index in [-0.39, 0.29) is 10.7 Å². The number of halogens is 5. The van der Waals surface area contributed by atoms with Gasteiger partial charge >= 0.3 is 6.18 Å². The number of nitrogens with zero attached hydrogens (tertiary/aromatic N) is 1. The first kappa shape index (κ1) is 23.9. The van der Waals surface area contributed by atoms with E-state index in [1.54, 1.807) is 0 Å². The molecule has 0 atom stereocenters. The van der Waals surface area contributed by atoms with Crippen LogP contribution in [0.3, 0.4) is 0 Å². The standard InChI is InChI=1S/C21H17F5N2O2S2/c1-2-3-18-19(14-5-7-15(8-6-14)21(24,25)26)27-20(31-18)28-32(29,30)11-10-13-4-9-16(22)17(23)12-13/h4-12H,2-3H2,1H3,(H,27,28)/b11-10+. The molecule has 4 nitrogen and oxygen atoms in total. The summed E-state index contributed by atoms with van der Waals surface area (Å²) in [6, 6.07) is 7.42. The lowest BCUT2D eigenvalue weighted by atomic mass is 10.1. The van der Waals surface area contributed by atoms with Crippen molar-refractivity contribution >= 4 is 32.6 Å². The molecule has 3 aromatic rings. The third-order valence-electron chi connectivity index (χ3n) is 4.27. The molecule has 2 aromatic carbocycles. The monoisotopic (exact) mass is 488 g/mol. The maximum atomic E-state index is 13.3. The maximum Gasteiger partial charge on any atom is 0.416 e. The molecule has 0 aliphatic carbocycles. The van der Waals surface area contributed by atoms with Gasteiger partial charge in [0.2, 0.25) is 0 Å². The van der Waals surface area contributed by atoms with Crippen molar-refractivity contribution in [3.8, 4) is 11.3 Å². The van der Waals surface area contributed by atoms with Crippen LogP contribution in [0.2, 0.25) is 0 Å². The molecule has 1 heterocycles. The highest BCUT2D eigenvalue weighted by Gasteiger charge is 2.30. The molecule has 1 N–H and O–H groups in total. The molecule has 0 spiro atoms. The summed E-state index contributed by atoms with van der Waals surface area (Å²) in [5, 5.41) is 0.830. The van der Waals surface area contributed by atoms with Crippen molar-refractivity contribution in [1.29, 1.82) is 0 Å². The summed E-state index contributed by atoms with van der Waals surface area (Å²) in [7, 11) is -4.03. The van der Waals surface area contributed by atoms with Crippen LogP contribution in [0.5, 0.6) is 0 Å². The van der Waals surface area contributed by atoms with Crippen molar-refractivity contribution in [2.75, 3.05) is 4.72 Å². The number of aromatic nitrogens is 1. The Morgan fingerprint density at radius 3 is 2.34 bits per heavy atom. The highest BCUT2D eigenvalue weighted by molar-refractivity contribution is 7.95. The summed E-state index contributed by atoms with van der Waals surface area (Å²) in [4.78, 5) is 4.98. The number of anilines is 1. The molecule has 0 aliphatic heterocycles. The Balaban J connectivity index is 1.85. The molecular formula is C21H17F5N2O2S2. The van der Waals surface area contributed by atoms with E-state index in [9.17, 15) is 30.4 Å². The fraction of sp³-hybridized carbons (Fsp3) is 0.190. The lowest BCUT2D eigenvalue weighted by Crippen LogP contribution is -2.08. The highest BCUT2D eigenvalue weighted by atomic mass is 32.2. The quantitative estimate of drug-likeness (QED) is 0.388. The number of benzene rings is 2. The number of alkyl halides is 3. The van der Waals surface area contributed by atoms with Gasteiger partial charge in [0.1, 0.15) is 0 Å². The zero-order valence-electron chi connectivity index (χ0n) is 16.6. The van der Waals surface area contributed by atoms with Gasteiger partial charge in [-0.15, -0.1) is 11.3 Å². The third-order valence-corrected chi connectivity index (χ3v) is 6.40. The smallest absolute Gasteiger partial charge is 0.255 e. The Morgan fingerprint density at radius 2 is 1.75 bits per heavy atom. The topological polar surface area (TPSA) is 59.1 Å². The normalized spacial score (nSPS) is 12.4. The minimum Gasteiger partial charge on any atom is -0.255 e. The van der Waals surface area contributed by atoms with E-state index in [0.717, 1.165) is 58.4 Å². The summed E-state index contributed by atoms with van der Waals surface area (Å²) in [5.74, 6) is -2.16. The molecule has 3 rings (SSSR count). The number of thiazole rings is 1. The Morgan fingerprint density at radius 1 is 1.06 bits per heavy atom. The largest absolute Gasteiger partial charge is 0.416 e. The van der Waals surface area contributed by atoms with Gasteiger partial charge in [0.05, 0.1) is 16.7 Å². The Bertz CT molecular complexity index is 1230. The predicted molar refractivity (Wildman–Crippen MR) is 114 cm³/mol. The van der Waals surface area contributed by atoms with E-state index in [0.29, 0.717) is 17.7 Å². The van der Waals surface area contributed by atoms with E-state index in [4.69, 9.17) is 0 Å². The van der Waals surface area contributed by atoms with Crippen LogP contribution in [-0.2, 0) is 22.6 Å². The summed E-state index contributed by atoms with van der Waals surface area (Å²) in [5.41, 5.74) is 0.177. The first-order valence-electron chi connectivity index (χ1n) is 9.32. The van der Waals surface area contributed by atoms with Crippen LogP contribution in [0, 0.1) is 11.6 Å². The third kappa shape index (κ3) is 5.92. The van der Waals surface area contributed by atoms with Gasteiger partial charge < -0.3 is 0 Å². The number of aryl methyl sites for hydroxylation is 1. The van der Waals surface area contributed by atoms with E-state index in [1.165, 1.54) is 18.2 Å². The molecular weight excluding hydrogens is 471 g/mol. The average molecular weight is 489 g/mol. The predicted octanol–water partition coefficient (Wildman–Crippen LogP) is 6.47. The molecule has 170 valence electrons. The zero-order valence-corrected chi connectivity index (χ0v) is 18.2. The molecule has 0 saturated carbocycles. The molecule has 11 heteroatoms. The molecule has 0 aliphatic rings. The van der Waals surface area contributed by atoms with Crippen molar-refractivity contribution in [1.82, 2.24) is 4.98 Å². The minimum absolute atomic E-state index is 0.0401. The fourth-order valence-electron chi connectivity index (χ4n) is 2.77. The highest BCUT2D eigenvalue weighted by Crippen LogP contribution is 2.35. The van der Waals surface area contributed by atoms with E-state index in [2.05, 4.69) is 9.71 Å². The number of hydrogen-bond donors (Lipinski definition) is 1. The van der Waals surface area contributed by atoms with E-state index >= 15 is 0 Å². The zero-order chi connectivity index (χ0) is 23.5. The summed E-state index contributed by atoms with van der Waals surface area (Å²) >= 11 is 1.07. The van der Waals surface area contributed by atoms with Crippen LogP contribution >= 0.6 is 11.3 Å². The SMILES string of the molecule is CCCc1sc(NS(=O)(=O)/C=C/c2ccc(F)c(F)c2)nc1-c1ccc(C(F)(F)F)cc1. The van der Waals surface area contributed by atoms with Crippen LogP contribution in [0.1, 0.15) is 29.3 Å². The van der Waals surface area contributed by atoms with Gasteiger partial charge in [0, 0.05) is 10.4 Å². The van der Waals surface area contributed by atoms with Gasteiger partial charge in [0.25, 0.3) is 10.0 Å². The van der Waals surface area contributed by atoms with Crippen molar-refractivity contribution in [3.05, 3.63) is 75.5 Å². The lowest BCUT2D eigenvalue weighted by molar-refractivity contribution is -0.137. The van der Waals surface area contributed by atoms with Crippen LogP contribution in [-0.4, -0.2) is 13.4 Å². The van der Waals surface area contributed by atoms with Crippen LogP contribution < -0.4 is 4.72 Å². The molecule has 0 amide bonds. The number of hydrogen-bond acceptors (Lipinski definition) is 4. The van der Waals surface area contributed by atoms with Gasteiger partial charge in [-0.05, 0) is 42.3 Å². The van der Waals surface area contributed by atoms with Crippen molar-refractivity contribution in [2.45, 2.75) is 25.9 Å². The first-order chi connectivity index (χ1) is 15.0. The summed E-state index contributed by atoms with van der Waals surface area (Å²) < 4.78 is 91.7. The van der Waals surface area contributed by atoms with Crippen LogP contribution in [0.25, 0.3) is 17.3 Å². The molecule has 0 unspecified atom stereocenters. The van der Waals surface area contributed by atoms with Gasteiger partial charge in [-0.25, -0.2) is 22.2 Å². The average Bonchev–Trinajstić information content (AvgIpc) is 3.10. The van der Waals surface area contributed by atoms with Crippen molar-refractivity contribution in [3.63, 3.8) is 0 Å². The second kappa shape index (κ2) is 9.37. The minimum atomic E-state index is -4.46. The van der Waals surface area contributed by atoms with E-state index in [1.807, 2.05) is 6.92 Å². The molecule has 0 bridgehead atoms. The number of nitrogens with one attached hydrogen (secondary N) is 1. The summed E-state index contributed by atoms with van der Waals surface area (Å²) in [6.07, 6.45) is -2.09. The summed E-state index contributed by atoms with van der Waals surface area (Å²) in [6.45, 7) is 1.91. The number of sulfonamides is 1. The molecule has 1 aromatic heterocycles. The number of rotatable bonds is 7. The van der Waals surface area contributed by atoms with Gasteiger partial charge in [-0.3, -0.25) is 4.72 Å². The molecule has 0 radical (unpaired) electrons. The van der Waals surface area contributed by atoms with Gasteiger partial charge in [-0.1, -0.05) is 31.5 Å². The lowest BCUT2D eigenvalue weighted by Gasteiger charge is -2.07. The first-order valence-corrected chi connectivity index (χ1v) is 11.7. The Hall–Kier alpha value is -2.79. The Labute approximate surface area is 185 Å². The van der Waals surface area contributed by atoms with Gasteiger partial charge in [0.15, 0.2) is 16.8 Å².